The highest BCUT2D eigenvalue weighted by Gasteiger charge is 2.16. The van der Waals surface area contributed by atoms with Crippen LogP contribution in [0.1, 0.15) is 316 Å². The number of carbonyl (C=O) groups excluding carboxylic acids is 2. The summed E-state index contributed by atoms with van der Waals surface area (Å²) in [6.45, 7) is 7.77. The van der Waals surface area contributed by atoms with Crippen LogP contribution in [-0.4, -0.2) is 37.9 Å². The Morgan fingerprint density at radius 1 is 0.312 bits per heavy atom. The van der Waals surface area contributed by atoms with E-state index in [2.05, 4.69) is 45.1 Å². The van der Waals surface area contributed by atoms with E-state index in [4.69, 9.17) is 14.2 Å². The van der Waals surface area contributed by atoms with Gasteiger partial charge in [0, 0.05) is 19.4 Å². The van der Waals surface area contributed by atoms with Crippen LogP contribution < -0.4 is 0 Å². The van der Waals surface area contributed by atoms with Gasteiger partial charge in [0.2, 0.25) is 0 Å². The summed E-state index contributed by atoms with van der Waals surface area (Å²) in [5, 5.41) is 0. The molecule has 378 valence electrons. The van der Waals surface area contributed by atoms with E-state index in [1.807, 2.05) is 0 Å². The van der Waals surface area contributed by atoms with Crippen LogP contribution in [0.4, 0.5) is 0 Å². The third-order valence-electron chi connectivity index (χ3n) is 13.0. The van der Waals surface area contributed by atoms with Crippen LogP contribution >= 0.6 is 0 Å². The smallest absolute Gasteiger partial charge is 0.305 e. The Balaban J connectivity index is 4.22. The molecule has 0 bridgehead atoms. The van der Waals surface area contributed by atoms with Crippen molar-refractivity contribution in [2.24, 2.45) is 0 Å². The Hall–Kier alpha value is -1.62. The zero-order valence-electron chi connectivity index (χ0n) is 43.6. The minimum absolute atomic E-state index is 0.160. The average Bonchev–Trinajstić information content (AvgIpc) is 3.30. The van der Waals surface area contributed by atoms with E-state index < -0.39 is 6.10 Å². The molecule has 5 heteroatoms. The molecule has 0 heterocycles. The zero-order chi connectivity index (χ0) is 46.3. The lowest BCUT2D eigenvalue weighted by Crippen LogP contribution is -2.29. The minimum Gasteiger partial charge on any atom is -0.463 e. The summed E-state index contributed by atoms with van der Waals surface area (Å²) in [5.41, 5.74) is 0. The van der Waals surface area contributed by atoms with Gasteiger partial charge in [0.1, 0.15) is 19.3 Å². The average molecular weight is 902 g/mol. The van der Waals surface area contributed by atoms with Gasteiger partial charge in [-0.1, -0.05) is 257 Å². The second-order valence-electron chi connectivity index (χ2n) is 19.5. The first-order valence-electron chi connectivity index (χ1n) is 28.9. The number of unbranched alkanes of at least 4 members (excludes halogenated alkanes) is 39. The minimum atomic E-state index is -0.398. The Bertz CT molecular complexity index is 974. The van der Waals surface area contributed by atoms with Gasteiger partial charge in [0.25, 0.3) is 0 Å². The molecular weight excluding hydrogens is 789 g/mol. The van der Waals surface area contributed by atoms with Crippen LogP contribution in [-0.2, 0) is 23.8 Å². The number of allylic oxidation sites excluding steroid dienone is 4. The van der Waals surface area contributed by atoms with Crippen molar-refractivity contribution < 1.29 is 23.8 Å². The lowest BCUT2D eigenvalue weighted by molar-refractivity contribution is -0.155. The highest BCUT2D eigenvalue weighted by molar-refractivity contribution is 5.69. The number of hydrogen-bond acceptors (Lipinski definition) is 5. The fraction of sp³-hybridized carbons (Fsp3) is 0.898. The number of esters is 2. The molecule has 0 radical (unpaired) electrons. The third kappa shape index (κ3) is 53.0. The molecule has 0 aromatic carbocycles. The van der Waals surface area contributed by atoms with Crippen molar-refractivity contribution >= 4 is 11.9 Å². The van der Waals surface area contributed by atoms with Crippen molar-refractivity contribution in [1.29, 1.82) is 0 Å². The zero-order valence-corrected chi connectivity index (χ0v) is 43.6. The maximum absolute atomic E-state index is 12.7. The van der Waals surface area contributed by atoms with Crippen molar-refractivity contribution in [3.8, 4) is 0 Å². The van der Waals surface area contributed by atoms with E-state index >= 15 is 0 Å². The molecule has 0 amide bonds. The summed E-state index contributed by atoms with van der Waals surface area (Å²) in [6, 6.07) is 0. The molecule has 5 nitrogen and oxygen atoms in total. The number of rotatable bonds is 54. The monoisotopic (exact) mass is 901 g/mol. The van der Waals surface area contributed by atoms with Gasteiger partial charge in [-0.05, 0) is 70.6 Å². The molecule has 0 unspecified atom stereocenters. The molecule has 0 aliphatic carbocycles. The quantitative estimate of drug-likeness (QED) is 0.0346. The molecule has 0 spiro atoms. The number of carbonyl (C=O) groups is 2. The molecule has 0 aliphatic rings. The summed E-state index contributed by atoms with van der Waals surface area (Å²) in [6.07, 6.45) is 66.4. The van der Waals surface area contributed by atoms with Crippen LogP contribution in [0.25, 0.3) is 0 Å². The first kappa shape index (κ1) is 62.4. The van der Waals surface area contributed by atoms with Gasteiger partial charge in [-0.3, -0.25) is 9.59 Å². The number of hydrogen-bond donors (Lipinski definition) is 0. The Kier molecular flexibility index (Phi) is 54.3. The van der Waals surface area contributed by atoms with E-state index in [-0.39, 0.29) is 25.2 Å². The van der Waals surface area contributed by atoms with Gasteiger partial charge in [0.15, 0.2) is 0 Å². The van der Waals surface area contributed by atoms with Crippen LogP contribution in [0.5, 0.6) is 0 Å². The molecular formula is C59H112O5. The van der Waals surface area contributed by atoms with Gasteiger partial charge in [-0.2, -0.15) is 0 Å². The summed E-state index contributed by atoms with van der Waals surface area (Å²) >= 11 is 0. The first-order chi connectivity index (χ1) is 31.6. The van der Waals surface area contributed by atoms with Crippen molar-refractivity contribution in [3.63, 3.8) is 0 Å². The highest BCUT2D eigenvalue weighted by Crippen LogP contribution is 2.16. The molecule has 0 aliphatic heterocycles. The van der Waals surface area contributed by atoms with Crippen LogP contribution in [0.3, 0.4) is 0 Å². The first-order valence-corrected chi connectivity index (χ1v) is 28.9. The van der Waals surface area contributed by atoms with E-state index in [1.165, 1.54) is 244 Å². The number of ether oxygens (including phenoxy) is 3. The predicted octanol–water partition coefficient (Wildman–Crippen LogP) is 19.6. The molecule has 64 heavy (non-hydrogen) atoms. The second-order valence-corrected chi connectivity index (χ2v) is 19.5. The van der Waals surface area contributed by atoms with Crippen molar-refractivity contribution in [2.45, 2.75) is 322 Å². The molecule has 0 rings (SSSR count). The lowest BCUT2D eigenvalue weighted by Gasteiger charge is -2.18. The van der Waals surface area contributed by atoms with E-state index in [9.17, 15) is 9.59 Å². The van der Waals surface area contributed by atoms with E-state index in [0.717, 1.165) is 38.5 Å². The fourth-order valence-electron chi connectivity index (χ4n) is 8.59. The van der Waals surface area contributed by atoms with Crippen LogP contribution in [0.2, 0.25) is 0 Å². The molecule has 1 atom stereocenters. The van der Waals surface area contributed by atoms with Crippen LogP contribution in [0.15, 0.2) is 24.3 Å². The van der Waals surface area contributed by atoms with Crippen molar-refractivity contribution in [1.82, 2.24) is 0 Å². The fourth-order valence-corrected chi connectivity index (χ4v) is 8.59. The second kappa shape index (κ2) is 55.7. The van der Waals surface area contributed by atoms with Crippen LogP contribution in [0, 0.1) is 0 Å². The molecule has 0 fully saturated rings. The van der Waals surface area contributed by atoms with E-state index in [0.29, 0.717) is 19.4 Å². The summed E-state index contributed by atoms with van der Waals surface area (Å²) < 4.78 is 17.5. The standard InChI is InChI=1S/C59H112O5/c1-4-7-10-13-16-19-22-25-28-30-32-35-38-41-44-47-50-53-59(61)64-56-57(62-54-51-48-45-42-39-36-33-29-26-23-20-17-14-11-8-5-2)55-63-58(60)52-49-46-43-40-37-34-31-27-24-21-18-15-12-9-6-3/h21,24-25,28,57H,4-20,22-23,26-27,29-56H2,1-3H3/b24-21-,28-25-/t57-/m0/s1. The molecule has 0 aromatic heterocycles. The van der Waals surface area contributed by atoms with Gasteiger partial charge in [0.05, 0.1) is 0 Å². The van der Waals surface area contributed by atoms with Gasteiger partial charge in [-0.15, -0.1) is 0 Å². The Labute approximate surface area is 400 Å². The maximum Gasteiger partial charge on any atom is 0.305 e. The summed E-state index contributed by atoms with van der Waals surface area (Å²) in [5.74, 6) is -0.326. The van der Waals surface area contributed by atoms with Gasteiger partial charge in [-0.25, -0.2) is 0 Å². The van der Waals surface area contributed by atoms with Gasteiger partial charge >= 0.3 is 11.9 Å². The highest BCUT2D eigenvalue weighted by atomic mass is 16.6. The predicted molar refractivity (Wildman–Crippen MR) is 279 cm³/mol. The molecule has 0 saturated carbocycles. The van der Waals surface area contributed by atoms with Crippen molar-refractivity contribution in [3.05, 3.63) is 24.3 Å². The SMILES string of the molecule is CCCCCC/C=C\CCCCCCCCCC(=O)OC[C@@H](COC(=O)CCCCCCCCC/C=C\CCCCCCCC)OCCCCCCCCCCCCCCCCCC. The Morgan fingerprint density at radius 3 is 0.844 bits per heavy atom. The third-order valence-corrected chi connectivity index (χ3v) is 13.0. The lowest BCUT2D eigenvalue weighted by atomic mass is 10.0. The molecule has 0 aromatic rings. The Morgan fingerprint density at radius 2 is 0.547 bits per heavy atom. The molecule has 0 saturated heterocycles. The topological polar surface area (TPSA) is 61.8 Å². The van der Waals surface area contributed by atoms with Crippen molar-refractivity contribution in [2.75, 3.05) is 19.8 Å². The maximum atomic E-state index is 12.7. The summed E-state index contributed by atoms with van der Waals surface area (Å²) in [7, 11) is 0. The van der Waals surface area contributed by atoms with Gasteiger partial charge < -0.3 is 14.2 Å². The largest absolute Gasteiger partial charge is 0.463 e. The van der Waals surface area contributed by atoms with E-state index in [1.54, 1.807) is 0 Å². The summed E-state index contributed by atoms with van der Waals surface area (Å²) in [4.78, 5) is 25.3. The normalized spacial score (nSPS) is 12.2. The molecule has 0 N–H and O–H groups in total.